The van der Waals surface area contributed by atoms with Crippen LogP contribution in [0.2, 0.25) is 5.02 Å². The van der Waals surface area contributed by atoms with Crippen LogP contribution < -0.4 is 5.32 Å². The predicted molar refractivity (Wildman–Crippen MR) is 73.1 cm³/mol. The van der Waals surface area contributed by atoms with Gasteiger partial charge in [0.15, 0.2) is 5.82 Å². The number of rotatable bonds is 8. The van der Waals surface area contributed by atoms with E-state index in [1.807, 2.05) is 24.3 Å². The van der Waals surface area contributed by atoms with E-state index in [1.165, 1.54) is 6.39 Å². The number of nitrogens with one attached hydrogen (secondary N) is 1. The molecule has 0 fully saturated rings. The van der Waals surface area contributed by atoms with Gasteiger partial charge in [-0.1, -0.05) is 28.9 Å². The molecule has 1 unspecified atom stereocenters. The molecule has 2 aromatic rings. The van der Waals surface area contributed by atoms with Gasteiger partial charge in [0.05, 0.1) is 25.9 Å². The van der Waals surface area contributed by atoms with Gasteiger partial charge in [-0.05, 0) is 17.7 Å². The Hall–Kier alpha value is -1.47. The van der Waals surface area contributed by atoms with Gasteiger partial charge in [0.2, 0.25) is 6.39 Å². The van der Waals surface area contributed by atoms with Crippen molar-refractivity contribution in [3.05, 3.63) is 47.1 Å². The average molecular weight is 298 g/mol. The molecule has 108 valence electrons. The lowest BCUT2D eigenvalue weighted by atomic mass is 10.2. The van der Waals surface area contributed by atoms with Crippen LogP contribution in [0.4, 0.5) is 0 Å². The van der Waals surface area contributed by atoms with Crippen molar-refractivity contribution in [2.75, 3.05) is 13.2 Å². The molecule has 0 amide bonds. The highest BCUT2D eigenvalue weighted by atomic mass is 35.5. The Morgan fingerprint density at radius 3 is 2.85 bits per heavy atom. The molecule has 1 aromatic heterocycles. The Labute approximate surface area is 121 Å². The topological polar surface area (TPSA) is 80.4 Å². The van der Waals surface area contributed by atoms with Gasteiger partial charge in [-0.15, -0.1) is 0 Å². The number of halogens is 1. The maximum Gasteiger partial charge on any atom is 0.213 e. The lowest BCUT2D eigenvalue weighted by molar-refractivity contribution is 0.0286. The molecule has 0 bridgehead atoms. The van der Waals surface area contributed by atoms with Crippen molar-refractivity contribution in [3.63, 3.8) is 0 Å². The average Bonchev–Trinajstić information content (AvgIpc) is 2.94. The third-order valence-corrected chi connectivity index (χ3v) is 2.81. The summed E-state index contributed by atoms with van der Waals surface area (Å²) in [4.78, 5) is 3.86. The van der Waals surface area contributed by atoms with Crippen LogP contribution in [0.25, 0.3) is 0 Å². The van der Waals surface area contributed by atoms with E-state index in [9.17, 15) is 5.11 Å². The smallest absolute Gasteiger partial charge is 0.213 e. The lowest BCUT2D eigenvalue weighted by Crippen LogP contribution is -2.30. The first-order chi connectivity index (χ1) is 9.74. The van der Waals surface area contributed by atoms with E-state index in [-0.39, 0.29) is 6.61 Å². The van der Waals surface area contributed by atoms with Crippen molar-refractivity contribution in [2.24, 2.45) is 0 Å². The first kappa shape index (κ1) is 14.9. The highest BCUT2D eigenvalue weighted by Gasteiger charge is 2.05. The highest BCUT2D eigenvalue weighted by Crippen LogP contribution is 2.10. The molecule has 2 rings (SSSR count). The Bertz CT molecular complexity index is 490. The lowest BCUT2D eigenvalue weighted by Gasteiger charge is -2.11. The fourth-order valence-electron chi connectivity index (χ4n) is 1.57. The van der Waals surface area contributed by atoms with Crippen LogP contribution in [0.15, 0.2) is 35.2 Å². The number of aliphatic hydroxyl groups is 1. The van der Waals surface area contributed by atoms with Crippen molar-refractivity contribution < 1.29 is 14.4 Å². The second-order valence-electron chi connectivity index (χ2n) is 4.27. The van der Waals surface area contributed by atoms with Gasteiger partial charge in [0.25, 0.3) is 0 Å². The number of aromatic nitrogens is 2. The van der Waals surface area contributed by atoms with Gasteiger partial charge in [0.1, 0.15) is 0 Å². The predicted octanol–water partition coefficient (Wildman–Crippen LogP) is 1.39. The maximum absolute atomic E-state index is 9.73. The minimum atomic E-state index is -0.589. The third-order valence-electron chi connectivity index (χ3n) is 2.56. The fourth-order valence-corrected chi connectivity index (χ4v) is 1.70. The Morgan fingerprint density at radius 2 is 2.15 bits per heavy atom. The van der Waals surface area contributed by atoms with Crippen molar-refractivity contribution in [2.45, 2.75) is 19.3 Å². The molecule has 0 saturated carbocycles. The zero-order valence-corrected chi connectivity index (χ0v) is 11.6. The first-order valence-electron chi connectivity index (χ1n) is 6.20. The van der Waals surface area contributed by atoms with Gasteiger partial charge in [-0.25, -0.2) is 0 Å². The van der Waals surface area contributed by atoms with E-state index in [0.717, 1.165) is 5.56 Å². The standard InChI is InChI=1S/C13H16ClN3O3/c14-11-3-1-10(2-4-11)7-19-8-12(18)5-15-6-13-16-9-20-17-13/h1-4,9,12,15,18H,5-8H2. The number of ether oxygens (including phenoxy) is 1. The van der Waals surface area contributed by atoms with Gasteiger partial charge in [0, 0.05) is 11.6 Å². The van der Waals surface area contributed by atoms with Crippen LogP contribution in [-0.2, 0) is 17.9 Å². The van der Waals surface area contributed by atoms with E-state index < -0.39 is 6.10 Å². The molecule has 1 aromatic carbocycles. The summed E-state index contributed by atoms with van der Waals surface area (Å²) in [5, 5.41) is 17.1. The largest absolute Gasteiger partial charge is 0.389 e. The van der Waals surface area contributed by atoms with Crippen LogP contribution >= 0.6 is 11.6 Å². The van der Waals surface area contributed by atoms with Crippen LogP contribution in [0.1, 0.15) is 11.4 Å². The molecule has 1 atom stereocenters. The summed E-state index contributed by atoms with van der Waals surface area (Å²) >= 11 is 5.79. The minimum absolute atomic E-state index is 0.252. The molecule has 7 heteroatoms. The third kappa shape index (κ3) is 5.26. The summed E-state index contributed by atoms with van der Waals surface area (Å²) in [6.07, 6.45) is 0.678. The maximum atomic E-state index is 9.73. The Morgan fingerprint density at radius 1 is 1.35 bits per heavy atom. The molecule has 0 aliphatic heterocycles. The molecule has 0 aliphatic carbocycles. The molecular formula is C13H16ClN3O3. The molecule has 20 heavy (non-hydrogen) atoms. The van der Waals surface area contributed by atoms with E-state index in [4.69, 9.17) is 16.3 Å². The van der Waals surface area contributed by atoms with E-state index >= 15 is 0 Å². The van der Waals surface area contributed by atoms with Gasteiger partial charge in [-0.3, -0.25) is 0 Å². The Balaban J connectivity index is 1.58. The molecular weight excluding hydrogens is 282 g/mol. The number of aliphatic hydroxyl groups excluding tert-OH is 1. The summed E-state index contributed by atoms with van der Waals surface area (Å²) in [5.74, 6) is 0.555. The summed E-state index contributed by atoms with van der Waals surface area (Å²) in [6.45, 7) is 1.54. The van der Waals surface area contributed by atoms with E-state index in [1.54, 1.807) is 0 Å². The van der Waals surface area contributed by atoms with Crippen LogP contribution in [0, 0.1) is 0 Å². The molecule has 1 heterocycles. The van der Waals surface area contributed by atoms with Gasteiger partial charge >= 0.3 is 0 Å². The zero-order valence-electron chi connectivity index (χ0n) is 10.8. The van der Waals surface area contributed by atoms with Crippen molar-refractivity contribution in [3.8, 4) is 0 Å². The number of hydrogen-bond donors (Lipinski definition) is 2. The quantitative estimate of drug-likeness (QED) is 0.766. The summed E-state index contributed by atoms with van der Waals surface area (Å²) in [7, 11) is 0. The van der Waals surface area contributed by atoms with Crippen LogP contribution in [0.3, 0.4) is 0 Å². The molecule has 0 radical (unpaired) electrons. The monoisotopic (exact) mass is 297 g/mol. The minimum Gasteiger partial charge on any atom is -0.389 e. The molecule has 6 nitrogen and oxygen atoms in total. The number of nitrogens with zero attached hydrogens (tertiary/aromatic N) is 2. The zero-order chi connectivity index (χ0) is 14.2. The molecule has 0 spiro atoms. The number of benzene rings is 1. The summed E-state index contributed by atoms with van der Waals surface area (Å²) in [6, 6.07) is 7.40. The van der Waals surface area contributed by atoms with Crippen LogP contribution in [-0.4, -0.2) is 34.5 Å². The second-order valence-corrected chi connectivity index (χ2v) is 4.71. The summed E-state index contributed by atoms with van der Waals surface area (Å²) < 4.78 is 10.0. The van der Waals surface area contributed by atoms with Gasteiger partial charge in [-0.2, -0.15) is 4.98 Å². The van der Waals surface area contributed by atoms with E-state index in [0.29, 0.717) is 30.5 Å². The van der Waals surface area contributed by atoms with Crippen molar-refractivity contribution in [1.29, 1.82) is 0 Å². The molecule has 0 aliphatic rings. The van der Waals surface area contributed by atoms with Crippen molar-refractivity contribution >= 4 is 11.6 Å². The van der Waals surface area contributed by atoms with Gasteiger partial charge < -0.3 is 19.7 Å². The van der Waals surface area contributed by atoms with E-state index in [2.05, 4.69) is 20.0 Å². The summed E-state index contributed by atoms with van der Waals surface area (Å²) in [5.41, 5.74) is 1.02. The SMILES string of the molecule is OC(CNCc1ncon1)COCc1ccc(Cl)cc1. The molecule has 0 saturated heterocycles. The first-order valence-corrected chi connectivity index (χ1v) is 6.58. The Kier molecular flexibility index (Phi) is 5.94. The van der Waals surface area contributed by atoms with Crippen LogP contribution in [0.5, 0.6) is 0 Å². The molecule has 2 N–H and O–H groups in total. The van der Waals surface area contributed by atoms with Crippen molar-refractivity contribution in [1.82, 2.24) is 15.5 Å². The fraction of sp³-hybridized carbons (Fsp3) is 0.385. The second kappa shape index (κ2) is 7.96. The number of hydrogen-bond acceptors (Lipinski definition) is 6. The highest BCUT2D eigenvalue weighted by molar-refractivity contribution is 6.30. The normalized spacial score (nSPS) is 12.5.